The summed E-state index contributed by atoms with van der Waals surface area (Å²) < 4.78 is 43.9. The van der Waals surface area contributed by atoms with E-state index in [0.29, 0.717) is 11.7 Å². The molecule has 0 atom stereocenters. The summed E-state index contributed by atoms with van der Waals surface area (Å²) in [5, 5.41) is 4.51. The van der Waals surface area contributed by atoms with Gasteiger partial charge in [0.05, 0.1) is 18.1 Å². The Morgan fingerprint density at radius 3 is 2.62 bits per heavy atom. The van der Waals surface area contributed by atoms with Crippen LogP contribution in [0.2, 0.25) is 0 Å². The van der Waals surface area contributed by atoms with Gasteiger partial charge in [0.2, 0.25) is 5.88 Å². The van der Waals surface area contributed by atoms with Crippen LogP contribution in [0.1, 0.15) is 25.1 Å². The smallest absolute Gasteiger partial charge is 0.433 e. The van der Waals surface area contributed by atoms with Crippen LogP contribution < -0.4 is 4.74 Å². The first kappa shape index (κ1) is 15.9. The molecule has 0 saturated heterocycles. The van der Waals surface area contributed by atoms with Crippen LogP contribution in [-0.2, 0) is 16.8 Å². The average Bonchev–Trinajstić information content (AvgIpc) is 2.73. The van der Waals surface area contributed by atoms with Gasteiger partial charge in [-0.3, -0.25) is 0 Å². The SMILES string of the molecule is COc1ncnc(C(F)(F)F)c1CSC1=NOCC1(C)C. The van der Waals surface area contributed by atoms with Gasteiger partial charge in [0.25, 0.3) is 0 Å². The molecule has 0 aromatic carbocycles. The summed E-state index contributed by atoms with van der Waals surface area (Å²) in [5.41, 5.74) is -1.39. The van der Waals surface area contributed by atoms with Crippen LogP contribution in [0.15, 0.2) is 11.5 Å². The highest BCUT2D eigenvalue weighted by molar-refractivity contribution is 8.13. The van der Waals surface area contributed by atoms with E-state index in [2.05, 4.69) is 15.1 Å². The van der Waals surface area contributed by atoms with E-state index in [1.807, 2.05) is 13.8 Å². The van der Waals surface area contributed by atoms with E-state index in [-0.39, 0.29) is 22.6 Å². The Hall–Kier alpha value is -1.51. The predicted octanol–water partition coefficient (Wildman–Crippen LogP) is 3.11. The molecule has 0 amide bonds. The van der Waals surface area contributed by atoms with Gasteiger partial charge in [-0.2, -0.15) is 13.2 Å². The van der Waals surface area contributed by atoms with Crippen molar-refractivity contribution in [2.45, 2.75) is 25.8 Å². The highest BCUT2D eigenvalue weighted by Crippen LogP contribution is 2.38. The third-order valence-electron chi connectivity index (χ3n) is 2.87. The molecular weight excluding hydrogens is 307 g/mol. The van der Waals surface area contributed by atoms with E-state index >= 15 is 0 Å². The Morgan fingerprint density at radius 2 is 2.10 bits per heavy atom. The van der Waals surface area contributed by atoms with Gasteiger partial charge in [0.15, 0.2) is 5.69 Å². The fourth-order valence-corrected chi connectivity index (χ4v) is 2.84. The molecule has 0 unspecified atom stereocenters. The minimum absolute atomic E-state index is 0.00444. The van der Waals surface area contributed by atoms with E-state index in [0.717, 1.165) is 6.33 Å². The van der Waals surface area contributed by atoms with Crippen LogP contribution in [0.5, 0.6) is 5.88 Å². The Bertz CT molecular complexity index is 561. The molecule has 116 valence electrons. The number of hydrogen-bond acceptors (Lipinski definition) is 6. The lowest BCUT2D eigenvalue weighted by molar-refractivity contribution is -0.141. The molecule has 0 N–H and O–H groups in total. The number of ether oxygens (including phenoxy) is 1. The van der Waals surface area contributed by atoms with E-state index in [1.54, 1.807) is 0 Å². The Labute approximate surface area is 123 Å². The summed E-state index contributed by atoms with van der Waals surface area (Å²) in [7, 11) is 1.27. The van der Waals surface area contributed by atoms with E-state index < -0.39 is 11.9 Å². The molecule has 0 saturated carbocycles. The molecule has 0 bridgehead atoms. The van der Waals surface area contributed by atoms with Crippen molar-refractivity contribution in [2.75, 3.05) is 13.7 Å². The number of alkyl halides is 3. The molecule has 2 heterocycles. The van der Waals surface area contributed by atoms with Crippen LogP contribution in [0.3, 0.4) is 0 Å². The fourth-order valence-electron chi connectivity index (χ4n) is 1.75. The molecule has 0 spiro atoms. The Balaban J connectivity index is 2.27. The quantitative estimate of drug-likeness (QED) is 0.856. The van der Waals surface area contributed by atoms with Crippen LogP contribution >= 0.6 is 11.8 Å². The molecule has 1 aromatic rings. The van der Waals surface area contributed by atoms with Gasteiger partial charge >= 0.3 is 6.18 Å². The van der Waals surface area contributed by atoms with Gasteiger partial charge < -0.3 is 9.57 Å². The molecule has 9 heteroatoms. The van der Waals surface area contributed by atoms with E-state index in [4.69, 9.17) is 9.57 Å². The molecule has 0 fully saturated rings. The van der Waals surface area contributed by atoms with Crippen LogP contribution in [0, 0.1) is 5.41 Å². The monoisotopic (exact) mass is 321 g/mol. The van der Waals surface area contributed by atoms with Crippen molar-refractivity contribution < 1.29 is 22.7 Å². The maximum Gasteiger partial charge on any atom is 0.433 e. The fraction of sp³-hybridized carbons (Fsp3) is 0.583. The third-order valence-corrected chi connectivity index (χ3v) is 4.21. The lowest BCUT2D eigenvalue weighted by atomic mass is 9.97. The average molecular weight is 321 g/mol. The van der Waals surface area contributed by atoms with Gasteiger partial charge in [0.1, 0.15) is 18.0 Å². The van der Waals surface area contributed by atoms with Crippen molar-refractivity contribution in [3.05, 3.63) is 17.6 Å². The number of hydrogen-bond donors (Lipinski definition) is 0. The second-order valence-corrected chi connectivity index (χ2v) is 6.01. The number of aromatic nitrogens is 2. The minimum Gasteiger partial charge on any atom is -0.481 e. The predicted molar refractivity (Wildman–Crippen MR) is 72.0 cm³/mol. The topological polar surface area (TPSA) is 56.6 Å². The summed E-state index contributed by atoms with van der Waals surface area (Å²) in [6, 6.07) is 0. The van der Waals surface area contributed by atoms with Gasteiger partial charge in [-0.05, 0) is 0 Å². The number of rotatable bonds is 3. The zero-order valence-electron chi connectivity index (χ0n) is 11.7. The van der Waals surface area contributed by atoms with Gasteiger partial charge in [-0.1, -0.05) is 19.0 Å². The first-order chi connectivity index (χ1) is 9.75. The van der Waals surface area contributed by atoms with Gasteiger partial charge in [-0.25, -0.2) is 9.97 Å². The van der Waals surface area contributed by atoms with Crippen LogP contribution in [-0.4, -0.2) is 28.7 Å². The van der Waals surface area contributed by atoms with Crippen LogP contribution in [0.25, 0.3) is 0 Å². The summed E-state index contributed by atoms with van der Waals surface area (Å²) in [6.07, 6.45) is -3.72. The summed E-state index contributed by atoms with van der Waals surface area (Å²) >= 11 is 1.17. The first-order valence-corrected chi connectivity index (χ1v) is 7.02. The van der Waals surface area contributed by atoms with Crippen molar-refractivity contribution in [2.24, 2.45) is 10.6 Å². The zero-order valence-corrected chi connectivity index (χ0v) is 12.5. The summed E-state index contributed by atoms with van der Waals surface area (Å²) in [6.45, 7) is 4.23. The second kappa shape index (κ2) is 5.70. The standard InChI is InChI=1S/C12H14F3N3O2S/c1-11(2)5-20-18-10(11)21-4-7-8(12(13,14)15)16-6-17-9(7)19-3/h6H,4-5H2,1-3H3. The maximum atomic E-state index is 13.0. The van der Waals surface area contributed by atoms with Crippen molar-refractivity contribution >= 4 is 16.8 Å². The van der Waals surface area contributed by atoms with Crippen molar-refractivity contribution in [3.63, 3.8) is 0 Å². The lowest BCUT2D eigenvalue weighted by Crippen LogP contribution is -2.21. The summed E-state index contributed by atoms with van der Waals surface area (Å²) in [5.74, 6) is -0.0769. The Morgan fingerprint density at radius 1 is 1.38 bits per heavy atom. The van der Waals surface area contributed by atoms with Crippen LogP contribution in [0.4, 0.5) is 13.2 Å². The van der Waals surface area contributed by atoms with Crippen molar-refractivity contribution in [3.8, 4) is 5.88 Å². The molecule has 0 aliphatic carbocycles. The summed E-state index contributed by atoms with van der Waals surface area (Å²) in [4.78, 5) is 12.1. The minimum atomic E-state index is -4.56. The molecular formula is C12H14F3N3O2S. The second-order valence-electron chi connectivity index (χ2n) is 5.05. The third kappa shape index (κ3) is 3.39. The zero-order chi connectivity index (χ0) is 15.7. The largest absolute Gasteiger partial charge is 0.481 e. The molecule has 2 rings (SSSR count). The van der Waals surface area contributed by atoms with Crippen molar-refractivity contribution in [1.82, 2.24) is 9.97 Å². The van der Waals surface area contributed by atoms with Crippen molar-refractivity contribution in [1.29, 1.82) is 0 Å². The molecule has 1 aliphatic rings. The maximum absolute atomic E-state index is 13.0. The first-order valence-electron chi connectivity index (χ1n) is 6.04. The van der Waals surface area contributed by atoms with E-state index in [9.17, 15) is 13.2 Å². The number of thioether (sulfide) groups is 1. The number of methoxy groups -OCH3 is 1. The highest BCUT2D eigenvalue weighted by Gasteiger charge is 2.38. The molecule has 1 aliphatic heterocycles. The number of nitrogens with zero attached hydrogens (tertiary/aromatic N) is 3. The number of halogens is 3. The van der Waals surface area contributed by atoms with Gasteiger partial charge in [0, 0.05) is 5.75 Å². The van der Waals surface area contributed by atoms with Gasteiger partial charge in [-0.15, -0.1) is 11.8 Å². The number of oxime groups is 1. The van der Waals surface area contributed by atoms with E-state index in [1.165, 1.54) is 18.9 Å². The molecule has 21 heavy (non-hydrogen) atoms. The highest BCUT2D eigenvalue weighted by atomic mass is 32.2. The normalized spacial score (nSPS) is 17.3. The molecule has 5 nitrogen and oxygen atoms in total. The lowest BCUT2D eigenvalue weighted by Gasteiger charge is -2.17. The Kier molecular flexibility index (Phi) is 4.31. The molecule has 0 radical (unpaired) electrons. The molecule has 1 aromatic heterocycles.